The highest BCUT2D eigenvalue weighted by atomic mass is 32.1. The molecule has 0 saturated carbocycles. The van der Waals surface area contributed by atoms with Crippen LogP contribution in [0.4, 0.5) is 10.1 Å². The van der Waals surface area contributed by atoms with Crippen LogP contribution in [0.3, 0.4) is 0 Å². The summed E-state index contributed by atoms with van der Waals surface area (Å²) in [5.74, 6) is -0.496. The maximum atomic E-state index is 13.2. The molecule has 1 unspecified atom stereocenters. The number of carbonyl (C=O) groups excluding carboxylic acids is 2. The summed E-state index contributed by atoms with van der Waals surface area (Å²) in [6.45, 7) is -0.217. The van der Waals surface area contributed by atoms with Crippen molar-refractivity contribution in [2.24, 2.45) is 7.05 Å². The van der Waals surface area contributed by atoms with Crippen LogP contribution in [-0.4, -0.2) is 60.2 Å². The van der Waals surface area contributed by atoms with Crippen LogP contribution in [0.2, 0.25) is 0 Å². The van der Waals surface area contributed by atoms with Gasteiger partial charge in [0.25, 0.3) is 11.8 Å². The van der Waals surface area contributed by atoms with E-state index in [0.717, 1.165) is 10.5 Å². The SMILES string of the molecule is CN(CC(F)S)C(=O)c1cnn(C)c1C(=O)Nc1ccn2nc(-c3ccccc3)nc2c1. The Hall–Kier alpha value is -3.73. The van der Waals surface area contributed by atoms with Gasteiger partial charge in [0, 0.05) is 37.6 Å². The lowest BCUT2D eigenvalue weighted by atomic mass is 10.2. The van der Waals surface area contributed by atoms with Crippen molar-refractivity contribution in [1.29, 1.82) is 0 Å². The van der Waals surface area contributed by atoms with Gasteiger partial charge in [0.05, 0.1) is 18.3 Å². The lowest BCUT2D eigenvalue weighted by Crippen LogP contribution is -2.32. The lowest BCUT2D eigenvalue weighted by molar-refractivity contribution is 0.0774. The summed E-state index contributed by atoms with van der Waals surface area (Å²) < 4.78 is 16.1. The largest absolute Gasteiger partial charge is 0.338 e. The number of alkyl halides is 1. The number of nitrogens with zero attached hydrogens (tertiary/aromatic N) is 6. The van der Waals surface area contributed by atoms with Gasteiger partial charge in [-0.05, 0) is 6.07 Å². The molecule has 11 heteroatoms. The Bertz CT molecular complexity index is 1290. The number of aryl methyl sites for hydroxylation is 1. The Balaban J connectivity index is 1.58. The molecule has 0 fully saturated rings. The molecule has 0 aliphatic rings. The topological polar surface area (TPSA) is 97.4 Å². The monoisotopic (exact) mass is 453 g/mol. The van der Waals surface area contributed by atoms with Gasteiger partial charge in [0.2, 0.25) is 0 Å². The van der Waals surface area contributed by atoms with Gasteiger partial charge >= 0.3 is 0 Å². The van der Waals surface area contributed by atoms with Crippen LogP contribution in [0.15, 0.2) is 54.9 Å². The van der Waals surface area contributed by atoms with E-state index in [1.807, 2.05) is 30.3 Å². The molecule has 164 valence electrons. The first-order chi connectivity index (χ1) is 15.3. The average molecular weight is 454 g/mol. The van der Waals surface area contributed by atoms with E-state index in [-0.39, 0.29) is 17.8 Å². The highest BCUT2D eigenvalue weighted by molar-refractivity contribution is 7.80. The molecule has 3 aromatic heterocycles. The van der Waals surface area contributed by atoms with Crippen molar-refractivity contribution in [2.75, 3.05) is 18.9 Å². The van der Waals surface area contributed by atoms with Crippen LogP contribution in [0.5, 0.6) is 0 Å². The van der Waals surface area contributed by atoms with E-state index >= 15 is 0 Å². The van der Waals surface area contributed by atoms with Crippen LogP contribution < -0.4 is 5.32 Å². The number of pyridine rings is 1. The van der Waals surface area contributed by atoms with Crippen molar-refractivity contribution < 1.29 is 14.0 Å². The summed E-state index contributed by atoms with van der Waals surface area (Å²) in [6.07, 6.45) is 2.97. The zero-order valence-electron chi connectivity index (χ0n) is 17.3. The van der Waals surface area contributed by atoms with Crippen molar-refractivity contribution in [3.63, 3.8) is 0 Å². The Morgan fingerprint density at radius 1 is 1.25 bits per heavy atom. The maximum absolute atomic E-state index is 13.2. The van der Waals surface area contributed by atoms with Crippen LogP contribution in [-0.2, 0) is 7.05 Å². The predicted octanol–water partition coefficient (Wildman–Crippen LogP) is 2.68. The number of aromatic nitrogens is 5. The molecule has 4 rings (SSSR count). The fourth-order valence-corrected chi connectivity index (χ4v) is 3.48. The Morgan fingerprint density at radius 3 is 2.72 bits per heavy atom. The van der Waals surface area contributed by atoms with Gasteiger partial charge in [0.15, 0.2) is 17.0 Å². The van der Waals surface area contributed by atoms with Gasteiger partial charge in [-0.1, -0.05) is 30.3 Å². The van der Waals surface area contributed by atoms with E-state index < -0.39 is 17.3 Å². The predicted molar refractivity (Wildman–Crippen MR) is 120 cm³/mol. The van der Waals surface area contributed by atoms with Crippen LogP contribution in [0.1, 0.15) is 20.8 Å². The summed E-state index contributed by atoms with van der Waals surface area (Å²) in [5, 5.41) is 11.2. The number of hydrogen-bond donors (Lipinski definition) is 2. The molecule has 0 aliphatic heterocycles. The molecular formula is C21H20FN7O2S. The second kappa shape index (κ2) is 8.79. The maximum Gasteiger partial charge on any atom is 0.274 e. The average Bonchev–Trinajstić information content (AvgIpc) is 3.36. The first-order valence-electron chi connectivity index (χ1n) is 9.66. The third-order valence-electron chi connectivity index (χ3n) is 4.78. The van der Waals surface area contributed by atoms with Crippen LogP contribution >= 0.6 is 12.6 Å². The smallest absolute Gasteiger partial charge is 0.274 e. The summed E-state index contributed by atoms with van der Waals surface area (Å²) in [5.41, 5.74) is 0.528. The molecule has 1 N–H and O–H groups in total. The molecule has 2 amide bonds. The molecule has 1 atom stereocenters. The van der Waals surface area contributed by atoms with E-state index in [1.165, 1.54) is 17.9 Å². The van der Waals surface area contributed by atoms with Gasteiger partial charge in [-0.2, -0.15) is 5.10 Å². The van der Waals surface area contributed by atoms with Gasteiger partial charge in [-0.3, -0.25) is 14.3 Å². The number of thiol groups is 1. The Labute approximate surface area is 188 Å². The quantitative estimate of drug-likeness (QED) is 0.438. The molecule has 0 bridgehead atoms. The highest BCUT2D eigenvalue weighted by Gasteiger charge is 2.25. The van der Waals surface area contributed by atoms with Crippen molar-refractivity contribution in [3.8, 4) is 11.4 Å². The Morgan fingerprint density at radius 2 is 2.00 bits per heavy atom. The minimum absolute atomic E-state index is 0.0581. The van der Waals surface area contributed by atoms with Gasteiger partial charge in [-0.15, -0.1) is 17.7 Å². The Kier molecular flexibility index (Phi) is 5.91. The molecule has 9 nitrogen and oxygen atoms in total. The lowest BCUT2D eigenvalue weighted by Gasteiger charge is -2.17. The number of halogens is 1. The molecule has 0 radical (unpaired) electrons. The number of hydrogen-bond acceptors (Lipinski definition) is 6. The number of benzene rings is 1. The standard InChI is InChI=1S/C21H20FN7O2S/c1-27(12-16(22)32)21(31)15-11-23-28(2)18(15)20(30)24-14-8-9-29-17(10-14)25-19(26-29)13-6-4-3-5-7-13/h3-11,16,32H,12H2,1-2H3,(H,24,30). The third kappa shape index (κ3) is 4.33. The number of amides is 2. The first-order valence-corrected chi connectivity index (χ1v) is 10.2. The van der Waals surface area contributed by atoms with Crippen LogP contribution in [0, 0.1) is 0 Å². The molecule has 32 heavy (non-hydrogen) atoms. The van der Waals surface area contributed by atoms with Gasteiger partial charge in [0.1, 0.15) is 5.69 Å². The third-order valence-corrected chi connectivity index (χ3v) is 4.95. The molecule has 0 aliphatic carbocycles. The normalized spacial score (nSPS) is 12.0. The van der Waals surface area contributed by atoms with E-state index in [4.69, 9.17) is 0 Å². The van der Waals surface area contributed by atoms with Gasteiger partial charge < -0.3 is 10.2 Å². The fourth-order valence-electron chi connectivity index (χ4n) is 3.24. The molecular weight excluding hydrogens is 433 g/mol. The van der Waals surface area contributed by atoms with Crippen LogP contribution in [0.25, 0.3) is 17.0 Å². The first kappa shape index (κ1) is 21.5. The van der Waals surface area contributed by atoms with Crippen molar-refractivity contribution >= 4 is 35.8 Å². The summed E-state index contributed by atoms with van der Waals surface area (Å²) >= 11 is 3.66. The molecule has 3 heterocycles. The van der Waals surface area contributed by atoms with Crippen molar-refractivity contribution in [1.82, 2.24) is 29.3 Å². The summed E-state index contributed by atoms with van der Waals surface area (Å²) in [6, 6.07) is 12.9. The zero-order valence-corrected chi connectivity index (χ0v) is 18.2. The number of anilines is 1. The minimum Gasteiger partial charge on any atom is -0.338 e. The molecule has 4 aromatic rings. The van der Waals surface area contributed by atoms with Gasteiger partial charge in [-0.25, -0.2) is 13.9 Å². The molecule has 0 saturated heterocycles. The number of nitrogens with one attached hydrogen (secondary N) is 1. The second-order valence-corrected chi connectivity index (χ2v) is 7.68. The summed E-state index contributed by atoms with van der Waals surface area (Å²) in [4.78, 5) is 31.3. The van der Waals surface area contributed by atoms with E-state index in [9.17, 15) is 14.0 Å². The fraction of sp³-hybridized carbons (Fsp3) is 0.190. The van der Waals surface area contributed by atoms with Crippen molar-refractivity contribution in [3.05, 3.63) is 66.1 Å². The molecule has 1 aromatic carbocycles. The van der Waals surface area contributed by atoms with E-state index in [1.54, 1.807) is 29.9 Å². The zero-order chi connectivity index (χ0) is 22.8. The second-order valence-electron chi connectivity index (χ2n) is 7.12. The van der Waals surface area contributed by atoms with E-state index in [0.29, 0.717) is 17.2 Å². The molecule has 0 spiro atoms. The summed E-state index contributed by atoms with van der Waals surface area (Å²) in [7, 11) is 2.99. The van der Waals surface area contributed by atoms with Crippen molar-refractivity contribution in [2.45, 2.75) is 5.50 Å². The van der Waals surface area contributed by atoms with E-state index in [2.05, 4.69) is 33.1 Å². The number of fused-ring (bicyclic) bond motifs is 1. The number of carbonyl (C=O) groups is 2. The minimum atomic E-state index is -1.49. The number of rotatable bonds is 6. The highest BCUT2D eigenvalue weighted by Crippen LogP contribution is 2.19.